The molecule has 0 radical (unpaired) electrons. The Balaban J connectivity index is 1.60. The molecule has 0 saturated carbocycles. The molecule has 0 spiro atoms. The topological polar surface area (TPSA) is 104 Å². The molecule has 0 aliphatic heterocycles. The van der Waals surface area contributed by atoms with Gasteiger partial charge in [0, 0.05) is 5.56 Å². The fourth-order valence-corrected chi connectivity index (χ4v) is 3.00. The lowest BCUT2D eigenvalue weighted by atomic mass is 10.1. The van der Waals surface area contributed by atoms with E-state index in [4.69, 9.17) is 13.7 Å². The lowest BCUT2D eigenvalue weighted by Crippen LogP contribution is -2.31. The number of furan rings is 1. The van der Waals surface area contributed by atoms with Gasteiger partial charge >= 0.3 is 0 Å². The molecule has 144 valence electrons. The van der Waals surface area contributed by atoms with E-state index in [0.717, 1.165) is 5.56 Å². The Morgan fingerprint density at radius 1 is 1.21 bits per heavy atom. The van der Waals surface area contributed by atoms with E-state index in [9.17, 15) is 9.90 Å². The molecule has 0 aliphatic carbocycles. The van der Waals surface area contributed by atoms with E-state index in [-0.39, 0.29) is 25.3 Å². The lowest BCUT2D eigenvalue weighted by Gasteiger charge is -2.13. The van der Waals surface area contributed by atoms with Crippen molar-refractivity contribution >= 4 is 10.9 Å². The Morgan fingerprint density at radius 2 is 2.04 bits per heavy atom. The van der Waals surface area contributed by atoms with Crippen molar-refractivity contribution in [3.63, 3.8) is 0 Å². The van der Waals surface area contributed by atoms with E-state index < -0.39 is 11.7 Å². The van der Waals surface area contributed by atoms with Crippen molar-refractivity contribution in [2.75, 3.05) is 6.61 Å². The maximum Gasteiger partial charge on any atom is 0.296 e. The van der Waals surface area contributed by atoms with Gasteiger partial charge in [-0.05, 0) is 19.1 Å². The van der Waals surface area contributed by atoms with Crippen LogP contribution in [-0.4, -0.2) is 32.8 Å². The minimum absolute atomic E-state index is 0.0291. The number of nitrogens with zero attached hydrogens (tertiary/aromatic N) is 3. The fraction of sp³-hybridized carbons (Fsp3) is 0.250. The molecule has 0 aliphatic rings. The summed E-state index contributed by atoms with van der Waals surface area (Å²) < 4.78 is 17.0. The average Bonchev–Trinajstić information content (AvgIpc) is 3.35. The van der Waals surface area contributed by atoms with E-state index in [2.05, 4.69) is 10.3 Å². The van der Waals surface area contributed by atoms with Crippen LogP contribution in [0.4, 0.5) is 0 Å². The average molecular weight is 381 g/mol. The van der Waals surface area contributed by atoms with Crippen LogP contribution in [0.5, 0.6) is 0 Å². The Labute approximate surface area is 159 Å². The molecule has 1 aromatic carbocycles. The normalized spacial score (nSPS) is 12.5. The molecule has 8 nitrogen and oxygen atoms in total. The molecule has 1 N–H and O–H groups in total. The van der Waals surface area contributed by atoms with Crippen molar-refractivity contribution < 1.29 is 18.8 Å². The van der Waals surface area contributed by atoms with E-state index in [1.54, 1.807) is 25.3 Å². The molecular formula is C20H19N3O5. The van der Waals surface area contributed by atoms with Gasteiger partial charge in [0.25, 0.3) is 5.56 Å². The quantitative estimate of drug-likeness (QED) is 0.525. The highest BCUT2D eigenvalue weighted by Crippen LogP contribution is 2.26. The van der Waals surface area contributed by atoms with Gasteiger partial charge in [-0.1, -0.05) is 35.5 Å². The van der Waals surface area contributed by atoms with Crippen LogP contribution in [0.25, 0.3) is 22.2 Å². The van der Waals surface area contributed by atoms with Gasteiger partial charge in [-0.3, -0.25) is 4.79 Å². The van der Waals surface area contributed by atoms with Crippen LogP contribution in [0.2, 0.25) is 0 Å². The Hall–Kier alpha value is -3.23. The van der Waals surface area contributed by atoms with Crippen LogP contribution in [0.3, 0.4) is 0 Å². The van der Waals surface area contributed by atoms with Gasteiger partial charge in [0.2, 0.25) is 0 Å². The number of rotatable bonds is 7. The Kier molecular flexibility index (Phi) is 5.05. The Bertz CT molecular complexity index is 1120. The molecule has 0 fully saturated rings. The van der Waals surface area contributed by atoms with Crippen LogP contribution in [-0.2, 0) is 17.9 Å². The van der Waals surface area contributed by atoms with Gasteiger partial charge in [-0.25, -0.2) is 4.68 Å². The van der Waals surface area contributed by atoms with Crippen LogP contribution < -0.4 is 5.56 Å². The third-order valence-electron chi connectivity index (χ3n) is 4.32. The van der Waals surface area contributed by atoms with Gasteiger partial charge in [0.05, 0.1) is 30.9 Å². The number of aromatic nitrogens is 3. The number of aliphatic hydroxyl groups is 1. The van der Waals surface area contributed by atoms with Gasteiger partial charge in [0.15, 0.2) is 5.52 Å². The van der Waals surface area contributed by atoms with Gasteiger partial charge < -0.3 is 18.8 Å². The van der Waals surface area contributed by atoms with Gasteiger partial charge in [-0.15, -0.1) is 0 Å². The predicted molar refractivity (Wildman–Crippen MR) is 101 cm³/mol. The summed E-state index contributed by atoms with van der Waals surface area (Å²) in [6, 6.07) is 13.0. The molecule has 1 unspecified atom stereocenters. The minimum Gasteiger partial charge on any atom is -0.467 e. The van der Waals surface area contributed by atoms with Crippen LogP contribution >= 0.6 is 0 Å². The first-order valence-electron chi connectivity index (χ1n) is 8.84. The summed E-state index contributed by atoms with van der Waals surface area (Å²) in [6.07, 6.45) is 0.632. The summed E-state index contributed by atoms with van der Waals surface area (Å²) in [4.78, 5) is 12.7. The third-order valence-corrected chi connectivity index (χ3v) is 4.32. The minimum atomic E-state index is -0.922. The molecule has 4 rings (SSSR count). The number of benzene rings is 1. The molecule has 0 bridgehead atoms. The highest BCUT2D eigenvalue weighted by atomic mass is 16.5. The van der Waals surface area contributed by atoms with Gasteiger partial charge in [-0.2, -0.15) is 5.10 Å². The van der Waals surface area contributed by atoms with E-state index in [1.807, 2.05) is 30.3 Å². The third kappa shape index (κ3) is 3.60. The second-order valence-electron chi connectivity index (χ2n) is 6.41. The first-order chi connectivity index (χ1) is 13.6. The molecular weight excluding hydrogens is 362 g/mol. The largest absolute Gasteiger partial charge is 0.467 e. The summed E-state index contributed by atoms with van der Waals surface area (Å²) in [5.41, 5.74) is 1.18. The number of fused-ring (bicyclic) bond motifs is 1. The summed E-state index contributed by atoms with van der Waals surface area (Å²) >= 11 is 0. The van der Waals surface area contributed by atoms with Crippen LogP contribution in [0, 0.1) is 6.92 Å². The lowest BCUT2D eigenvalue weighted by molar-refractivity contribution is 0.0126. The monoisotopic (exact) mass is 381 g/mol. The van der Waals surface area contributed by atoms with Crippen molar-refractivity contribution in [3.05, 3.63) is 70.6 Å². The highest BCUT2D eigenvalue weighted by Gasteiger charge is 2.20. The van der Waals surface area contributed by atoms with Gasteiger partial charge in [0.1, 0.15) is 23.8 Å². The van der Waals surface area contributed by atoms with Crippen molar-refractivity contribution in [3.8, 4) is 11.3 Å². The van der Waals surface area contributed by atoms with E-state index >= 15 is 0 Å². The molecule has 3 heterocycles. The molecule has 3 aromatic heterocycles. The summed E-state index contributed by atoms with van der Waals surface area (Å²) in [6.45, 7) is 1.98. The summed E-state index contributed by atoms with van der Waals surface area (Å²) in [7, 11) is 0. The molecule has 4 aromatic rings. The maximum atomic E-state index is 12.7. The number of aryl methyl sites for hydroxylation is 1. The predicted octanol–water partition coefficient (Wildman–Crippen LogP) is 2.53. The maximum absolute atomic E-state index is 12.7. The standard InChI is InChI=1S/C20H19N3O5/c1-13-17-18(14-6-3-2-4-7-14)21-23(20(25)19(17)22-28-13)10-15(24)11-26-12-16-8-5-9-27-16/h2-9,15,24H,10-12H2,1H3. The molecule has 1 atom stereocenters. The van der Waals surface area contributed by atoms with Crippen molar-refractivity contribution in [2.45, 2.75) is 26.2 Å². The van der Waals surface area contributed by atoms with E-state index in [0.29, 0.717) is 22.6 Å². The summed E-state index contributed by atoms with van der Waals surface area (Å²) in [5.74, 6) is 1.18. The van der Waals surface area contributed by atoms with E-state index in [1.165, 1.54) is 4.68 Å². The number of aliphatic hydroxyl groups excluding tert-OH is 1. The zero-order chi connectivity index (χ0) is 19.5. The fourth-order valence-electron chi connectivity index (χ4n) is 3.00. The number of hydrogen-bond donors (Lipinski definition) is 1. The zero-order valence-electron chi connectivity index (χ0n) is 15.2. The number of ether oxygens (including phenoxy) is 1. The Morgan fingerprint density at radius 3 is 2.79 bits per heavy atom. The number of hydrogen-bond acceptors (Lipinski definition) is 7. The van der Waals surface area contributed by atoms with Crippen molar-refractivity contribution in [1.29, 1.82) is 0 Å². The first kappa shape index (κ1) is 18.1. The van der Waals surface area contributed by atoms with Crippen LogP contribution in [0.15, 0.2) is 62.5 Å². The summed E-state index contributed by atoms with van der Waals surface area (Å²) in [5, 5.41) is 19.2. The van der Waals surface area contributed by atoms with Crippen LogP contribution in [0.1, 0.15) is 11.5 Å². The smallest absolute Gasteiger partial charge is 0.296 e. The second-order valence-corrected chi connectivity index (χ2v) is 6.41. The SMILES string of the molecule is Cc1onc2c(=O)n(CC(O)COCc3ccco3)nc(-c3ccccc3)c12. The van der Waals surface area contributed by atoms with Crippen molar-refractivity contribution in [1.82, 2.24) is 14.9 Å². The zero-order valence-corrected chi connectivity index (χ0v) is 15.2. The highest BCUT2D eigenvalue weighted by molar-refractivity contribution is 5.92. The molecule has 8 heteroatoms. The van der Waals surface area contributed by atoms with Crippen molar-refractivity contribution in [2.24, 2.45) is 0 Å². The first-order valence-corrected chi connectivity index (χ1v) is 8.84. The molecule has 28 heavy (non-hydrogen) atoms. The molecule has 0 saturated heterocycles. The second kappa shape index (κ2) is 7.79. The molecule has 0 amide bonds.